The number of rotatable bonds is 5. The number of nitrogens with zero attached hydrogens (tertiary/aromatic N) is 1. The molecule has 2 atom stereocenters. The number of amides is 1. The van der Waals surface area contributed by atoms with Gasteiger partial charge in [-0.05, 0) is 80.1 Å². The Morgan fingerprint density at radius 3 is 2.66 bits per heavy atom. The van der Waals surface area contributed by atoms with Crippen LogP contribution in [0.1, 0.15) is 39.2 Å². The number of nitrogens with one attached hydrogen (secondary N) is 1. The summed E-state index contributed by atoms with van der Waals surface area (Å²) in [5.74, 6) is 0.313. The smallest absolute Gasteiger partial charge is 0.223 e. The number of aromatic nitrogens is 1. The molecule has 3 aromatic rings. The normalized spacial score (nSPS) is 18.9. The molecule has 1 aliphatic rings. The molecule has 1 saturated heterocycles. The van der Waals surface area contributed by atoms with Gasteiger partial charge < -0.3 is 15.8 Å². The minimum Gasteiger partial charge on any atom is -0.383 e. The van der Waals surface area contributed by atoms with Crippen molar-refractivity contribution in [2.45, 2.75) is 51.7 Å². The van der Waals surface area contributed by atoms with Gasteiger partial charge in [-0.15, -0.1) is 0 Å². The first kappa shape index (κ1) is 22.6. The van der Waals surface area contributed by atoms with Crippen molar-refractivity contribution in [2.75, 3.05) is 12.3 Å². The van der Waals surface area contributed by atoms with Crippen molar-refractivity contribution in [3.8, 4) is 11.1 Å². The van der Waals surface area contributed by atoms with E-state index in [9.17, 15) is 4.79 Å². The van der Waals surface area contributed by atoms with Crippen molar-refractivity contribution in [1.82, 2.24) is 10.3 Å². The number of carbonyl (C=O) groups is 1. The number of hydrogen-bond donors (Lipinski definition) is 2. The van der Waals surface area contributed by atoms with Crippen molar-refractivity contribution < 1.29 is 9.53 Å². The van der Waals surface area contributed by atoms with Gasteiger partial charge in [-0.1, -0.05) is 36.7 Å². The molecule has 3 N–H and O–H groups in total. The lowest BCUT2D eigenvalue weighted by Gasteiger charge is -2.36. The zero-order chi connectivity index (χ0) is 22.9. The average molecular weight is 452 g/mol. The third-order valence-corrected chi connectivity index (χ3v) is 6.37. The summed E-state index contributed by atoms with van der Waals surface area (Å²) in [4.78, 5) is 17.4. The number of ether oxygens (including phenoxy) is 1. The highest BCUT2D eigenvalue weighted by atomic mass is 35.5. The minimum absolute atomic E-state index is 0.0436. The van der Waals surface area contributed by atoms with Gasteiger partial charge in [-0.3, -0.25) is 4.79 Å². The highest BCUT2D eigenvalue weighted by Crippen LogP contribution is 2.28. The lowest BCUT2D eigenvalue weighted by Crippen LogP contribution is -2.47. The summed E-state index contributed by atoms with van der Waals surface area (Å²) in [6.07, 6.45) is 2.20. The van der Waals surface area contributed by atoms with Gasteiger partial charge in [0, 0.05) is 29.0 Å². The maximum Gasteiger partial charge on any atom is 0.223 e. The molecule has 2 aromatic carbocycles. The summed E-state index contributed by atoms with van der Waals surface area (Å²) in [6, 6.07) is 16.1. The Kier molecular flexibility index (Phi) is 6.40. The van der Waals surface area contributed by atoms with Crippen molar-refractivity contribution in [1.29, 1.82) is 0 Å². The fourth-order valence-corrected chi connectivity index (χ4v) is 4.47. The molecule has 1 fully saturated rings. The fourth-order valence-electron chi connectivity index (χ4n) is 4.34. The monoisotopic (exact) mass is 451 g/mol. The second kappa shape index (κ2) is 9.08. The van der Waals surface area contributed by atoms with Gasteiger partial charge in [-0.25, -0.2) is 4.98 Å². The molecule has 0 saturated carbocycles. The van der Waals surface area contributed by atoms with E-state index in [1.54, 1.807) is 0 Å². The number of halogens is 1. The first-order chi connectivity index (χ1) is 15.2. The first-order valence-corrected chi connectivity index (χ1v) is 11.5. The SMILES string of the molecule is CC(Cc1cc2cc(-c3ccc(Cl)cc3)ccc2nc1N)C(=O)NC1CCOC(C)(C)C1. The lowest BCUT2D eigenvalue weighted by molar-refractivity contribution is -0.127. The zero-order valence-corrected chi connectivity index (χ0v) is 19.6. The van der Waals surface area contributed by atoms with Gasteiger partial charge in [0.25, 0.3) is 0 Å². The second-order valence-electron chi connectivity index (χ2n) is 9.36. The van der Waals surface area contributed by atoms with Crippen LogP contribution in [0.2, 0.25) is 5.02 Å². The Morgan fingerprint density at radius 2 is 1.94 bits per heavy atom. The topological polar surface area (TPSA) is 77.2 Å². The van der Waals surface area contributed by atoms with E-state index in [0.29, 0.717) is 23.9 Å². The summed E-state index contributed by atoms with van der Waals surface area (Å²) < 4.78 is 5.75. The molecule has 168 valence electrons. The van der Waals surface area contributed by atoms with Gasteiger partial charge in [-0.2, -0.15) is 0 Å². The van der Waals surface area contributed by atoms with Gasteiger partial charge in [0.05, 0.1) is 11.1 Å². The number of anilines is 1. The van der Waals surface area contributed by atoms with E-state index in [1.807, 2.05) is 43.3 Å². The van der Waals surface area contributed by atoms with Crippen LogP contribution in [0.15, 0.2) is 48.5 Å². The molecule has 5 nitrogen and oxygen atoms in total. The van der Waals surface area contributed by atoms with Gasteiger partial charge in [0.1, 0.15) is 5.82 Å². The molecule has 0 bridgehead atoms. The Labute approximate surface area is 194 Å². The van der Waals surface area contributed by atoms with E-state index >= 15 is 0 Å². The molecule has 1 aliphatic heterocycles. The van der Waals surface area contributed by atoms with Crippen LogP contribution < -0.4 is 11.1 Å². The predicted molar refractivity (Wildman–Crippen MR) is 131 cm³/mol. The van der Waals surface area contributed by atoms with Crippen LogP contribution in [0.3, 0.4) is 0 Å². The molecule has 0 aliphatic carbocycles. The molecular weight excluding hydrogens is 422 g/mol. The van der Waals surface area contributed by atoms with Crippen molar-refractivity contribution in [2.24, 2.45) is 5.92 Å². The number of benzene rings is 2. The summed E-state index contributed by atoms with van der Waals surface area (Å²) in [5, 5.41) is 4.91. The van der Waals surface area contributed by atoms with E-state index in [4.69, 9.17) is 22.1 Å². The van der Waals surface area contributed by atoms with Crippen molar-refractivity contribution in [3.63, 3.8) is 0 Å². The standard InChI is InChI=1S/C26H30ClN3O2/c1-16(25(31)29-22-10-11-32-26(2,3)15-22)12-20-14-19-13-18(6-9-23(19)30-24(20)28)17-4-7-21(27)8-5-17/h4-9,13-14,16,22H,10-12,15H2,1-3H3,(H2,28,30)(H,29,31). The molecule has 0 spiro atoms. The molecule has 32 heavy (non-hydrogen) atoms. The fraction of sp³-hybridized carbons (Fsp3) is 0.385. The van der Waals surface area contributed by atoms with Crippen molar-refractivity contribution in [3.05, 3.63) is 59.1 Å². The van der Waals surface area contributed by atoms with Crippen LogP contribution in [0.4, 0.5) is 5.82 Å². The molecule has 6 heteroatoms. The molecular formula is C26H30ClN3O2. The number of hydrogen-bond acceptors (Lipinski definition) is 4. The molecule has 1 amide bonds. The lowest BCUT2D eigenvalue weighted by atomic mass is 9.92. The maximum atomic E-state index is 12.8. The van der Waals surface area contributed by atoms with E-state index in [-0.39, 0.29) is 23.5 Å². The number of pyridine rings is 1. The van der Waals surface area contributed by atoms with E-state index in [0.717, 1.165) is 40.4 Å². The van der Waals surface area contributed by atoms with Gasteiger partial charge >= 0.3 is 0 Å². The Morgan fingerprint density at radius 1 is 1.22 bits per heavy atom. The van der Waals surface area contributed by atoms with E-state index in [1.165, 1.54) is 0 Å². The quantitative estimate of drug-likeness (QED) is 0.545. The second-order valence-corrected chi connectivity index (χ2v) is 9.80. The summed E-state index contributed by atoms with van der Waals surface area (Å²) in [7, 11) is 0. The van der Waals surface area contributed by atoms with Crippen LogP contribution in [0, 0.1) is 5.92 Å². The van der Waals surface area contributed by atoms with Crippen LogP contribution in [0.25, 0.3) is 22.0 Å². The van der Waals surface area contributed by atoms with Crippen LogP contribution in [-0.4, -0.2) is 29.1 Å². The van der Waals surface area contributed by atoms with Crippen molar-refractivity contribution >= 4 is 34.2 Å². The molecule has 1 aromatic heterocycles. The summed E-state index contributed by atoms with van der Waals surface area (Å²) in [5.41, 5.74) is 9.94. The first-order valence-electron chi connectivity index (χ1n) is 11.1. The third-order valence-electron chi connectivity index (χ3n) is 6.12. The third kappa shape index (κ3) is 5.22. The Hall–Kier alpha value is -2.63. The Bertz CT molecular complexity index is 1130. The highest BCUT2D eigenvalue weighted by Gasteiger charge is 2.30. The van der Waals surface area contributed by atoms with Gasteiger partial charge in [0.2, 0.25) is 5.91 Å². The minimum atomic E-state index is -0.207. The van der Waals surface area contributed by atoms with Crippen LogP contribution >= 0.6 is 11.6 Å². The molecule has 0 radical (unpaired) electrons. The zero-order valence-electron chi connectivity index (χ0n) is 18.8. The predicted octanol–water partition coefficient (Wildman–Crippen LogP) is 5.39. The average Bonchev–Trinajstić information content (AvgIpc) is 2.74. The van der Waals surface area contributed by atoms with E-state index in [2.05, 4.69) is 36.3 Å². The maximum absolute atomic E-state index is 12.8. The number of nitrogen functional groups attached to an aromatic ring is 1. The van der Waals surface area contributed by atoms with Crippen LogP contribution in [-0.2, 0) is 16.0 Å². The Balaban J connectivity index is 1.50. The van der Waals surface area contributed by atoms with Crippen LogP contribution in [0.5, 0.6) is 0 Å². The summed E-state index contributed by atoms with van der Waals surface area (Å²) in [6.45, 7) is 6.74. The molecule has 2 heterocycles. The number of nitrogens with two attached hydrogens (primary N) is 1. The summed E-state index contributed by atoms with van der Waals surface area (Å²) >= 11 is 6.02. The number of fused-ring (bicyclic) bond motifs is 1. The largest absolute Gasteiger partial charge is 0.383 e. The molecule has 2 unspecified atom stereocenters. The molecule has 4 rings (SSSR count). The highest BCUT2D eigenvalue weighted by molar-refractivity contribution is 6.30. The van der Waals surface area contributed by atoms with E-state index < -0.39 is 0 Å². The van der Waals surface area contributed by atoms with Gasteiger partial charge in [0.15, 0.2) is 0 Å². The number of carbonyl (C=O) groups excluding carboxylic acids is 1.